The summed E-state index contributed by atoms with van der Waals surface area (Å²) in [4.78, 5) is 0. The Morgan fingerprint density at radius 1 is 1.21 bits per heavy atom. The molecule has 14 heavy (non-hydrogen) atoms. The maximum absolute atomic E-state index is 5.68. The van der Waals surface area contributed by atoms with E-state index in [1.165, 1.54) is 0 Å². The fourth-order valence-corrected chi connectivity index (χ4v) is 1.25. The van der Waals surface area contributed by atoms with E-state index in [2.05, 4.69) is 0 Å². The Kier molecular flexibility index (Phi) is 4.49. The van der Waals surface area contributed by atoms with Crippen molar-refractivity contribution in [3.05, 3.63) is 24.3 Å². The lowest BCUT2D eigenvalue weighted by atomic mass is 9.78. The van der Waals surface area contributed by atoms with E-state index < -0.39 is 0 Å². The van der Waals surface area contributed by atoms with Gasteiger partial charge in [0.05, 0.1) is 0 Å². The molecule has 3 nitrogen and oxygen atoms in total. The molecule has 0 aliphatic rings. The van der Waals surface area contributed by atoms with Gasteiger partial charge in [0.1, 0.15) is 0 Å². The number of anilines is 1. The van der Waals surface area contributed by atoms with Gasteiger partial charge >= 0.3 is 7.12 Å². The first kappa shape index (κ1) is 11.1. The van der Waals surface area contributed by atoms with Crippen LogP contribution in [0.4, 0.5) is 5.69 Å². The first-order chi connectivity index (χ1) is 6.77. The standard InChI is InChI=1S/C10H16BNO2/c1-3-13-11(14-4-2)9-6-5-7-10(12)8-9/h5-8H,3-4,12H2,1-2H3. The van der Waals surface area contributed by atoms with Crippen LogP contribution in [0.1, 0.15) is 13.8 Å². The zero-order valence-electron chi connectivity index (χ0n) is 8.69. The van der Waals surface area contributed by atoms with Crippen molar-refractivity contribution in [1.82, 2.24) is 0 Å². The van der Waals surface area contributed by atoms with E-state index in [1.54, 1.807) is 0 Å². The highest BCUT2D eigenvalue weighted by atomic mass is 16.6. The molecule has 0 saturated heterocycles. The third kappa shape index (κ3) is 3.05. The minimum absolute atomic E-state index is 0.298. The molecule has 1 aromatic rings. The summed E-state index contributed by atoms with van der Waals surface area (Å²) in [6.45, 7) is 5.13. The van der Waals surface area contributed by atoms with Crippen molar-refractivity contribution in [3.63, 3.8) is 0 Å². The second-order valence-corrected chi connectivity index (χ2v) is 2.91. The first-order valence-electron chi connectivity index (χ1n) is 4.86. The summed E-state index contributed by atoms with van der Waals surface area (Å²) in [5.41, 5.74) is 7.37. The maximum atomic E-state index is 5.68. The molecule has 0 fully saturated rings. The van der Waals surface area contributed by atoms with Gasteiger partial charge in [-0.05, 0) is 31.4 Å². The monoisotopic (exact) mass is 193 g/mol. The van der Waals surface area contributed by atoms with Crippen molar-refractivity contribution in [2.45, 2.75) is 13.8 Å². The molecule has 0 atom stereocenters. The van der Waals surface area contributed by atoms with E-state index in [-0.39, 0.29) is 7.12 Å². The molecule has 0 aliphatic carbocycles. The van der Waals surface area contributed by atoms with Gasteiger partial charge in [0.2, 0.25) is 0 Å². The van der Waals surface area contributed by atoms with Gasteiger partial charge < -0.3 is 15.0 Å². The highest BCUT2D eigenvalue weighted by molar-refractivity contribution is 6.61. The second-order valence-electron chi connectivity index (χ2n) is 2.91. The summed E-state index contributed by atoms with van der Waals surface area (Å²) >= 11 is 0. The zero-order valence-corrected chi connectivity index (χ0v) is 8.69. The Morgan fingerprint density at radius 3 is 2.36 bits per heavy atom. The van der Waals surface area contributed by atoms with Gasteiger partial charge in [-0.25, -0.2) is 0 Å². The molecule has 0 spiro atoms. The Bertz CT molecular complexity index is 275. The molecule has 0 bridgehead atoms. The van der Waals surface area contributed by atoms with Gasteiger partial charge in [-0.3, -0.25) is 0 Å². The molecule has 76 valence electrons. The van der Waals surface area contributed by atoms with Crippen molar-refractivity contribution in [2.75, 3.05) is 18.9 Å². The van der Waals surface area contributed by atoms with Gasteiger partial charge in [0, 0.05) is 18.9 Å². The van der Waals surface area contributed by atoms with Gasteiger partial charge in [-0.15, -0.1) is 0 Å². The fraction of sp³-hybridized carbons (Fsp3) is 0.400. The van der Waals surface area contributed by atoms with Crippen LogP contribution in [0.25, 0.3) is 0 Å². The number of hydrogen-bond donors (Lipinski definition) is 1. The van der Waals surface area contributed by atoms with Crippen LogP contribution in [0.2, 0.25) is 0 Å². The van der Waals surface area contributed by atoms with Crippen LogP contribution in [-0.2, 0) is 9.31 Å². The van der Waals surface area contributed by atoms with E-state index in [4.69, 9.17) is 15.0 Å². The number of rotatable bonds is 5. The van der Waals surface area contributed by atoms with Gasteiger partial charge in [0.15, 0.2) is 0 Å². The molecular weight excluding hydrogens is 177 g/mol. The second kappa shape index (κ2) is 5.68. The Hall–Kier alpha value is -0.995. The minimum atomic E-state index is -0.298. The predicted molar refractivity (Wildman–Crippen MR) is 59.5 cm³/mol. The van der Waals surface area contributed by atoms with E-state index >= 15 is 0 Å². The molecule has 0 radical (unpaired) electrons. The van der Waals surface area contributed by atoms with E-state index in [0.717, 1.165) is 11.2 Å². The van der Waals surface area contributed by atoms with Crippen molar-refractivity contribution in [2.24, 2.45) is 0 Å². The molecule has 1 aromatic carbocycles. The highest BCUT2D eigenvalue weighted by Crippen LogP contribution is 2.00. The van der Waals surface area contributed by atoms with Crippen molar-refractivity contribution < 1.29 is 9.31 Å². The van der Waals surface area contributed by atoms with Crippen LogP contribution in [0.3, 0.4) is 0 Å². The van der Waals surface area contributed by atoms with Gasteiger partial charge in [0.25, 0.3) is 0 Å². The van der Waals surface area contributed by atoms with Crippen LogP contribution in [-0.4, -0.2) is 20.3 Å². The number of nitrogens with two attached hydrogens (primary N) is 1. The molecule has 4 heteroatoms. The summed E-state index contributed by atoms with van der Waals surface area (Å²) < 4.78 is 10.9. The lowest BCUT2D eigenvalue weighted by molar-refractivity contribution is 0.225. The fourth-order valence-electron chi connectivity index (χ4n) is 1.25. The van der Waals surface area contributed by atoms with Crippen LogP contribution in [0.5, 0.6) is 0 Å². The Morgan fingerprint density at radius 2 is 1.86 bits per heavy atom. The predicted octanol–water partition coefficient (Wildman–Crippen LogP) is 1.04. The molecule has 0 aromatic heterocycles. The lowest BCUT2D eigenvalue weighted by Gasteiger charge is -2.12. The summed E-state index contributed by atoms with van der Waals surface area (Å²) in [6, 6.07) is 7.57. The molecule has 2 N–H and O–H groups in total. The van der Waals surface area contributed by atoms with Crippen LogP contribution in [0.15, 0.2) is 24.3 Å². The maximum Gasteiger partial charge on any atom is 0.493 e. The summed E-state index contributed by atoms with van der Waals surface area (Å²) in [6.07, 6.45) is 0. The molecular formula is C10H16BNO2. The third-order valence-corrected chi connectivity index (χ3v) is 1.82. The molecule has 1 rings (SSSR count). The van der Waals surface area contributed by atoms with E-state index in [0.29, 0.717) is 13.2 Å². The first-order valence-corrected chi connectivity index (χ1v) is 4.86. The van der Waals surface area contributed by atoms with Crippen LogP contribution < -0.4 is 11.2 Å². The third-order valence-electron chi connectivity index (χ3n) is 1.82. The molecule has 0 amide bonds. The van der Waals surface area contributed by atoms with Crippen LogP contribution in [0, 0.1) is 0 Å². The number of hydrogen-bond acceptors (Lipinski definition) is 3. The number of benzene rings is 1. The molecule has 0 aliphatic heterocycles. The smallest absolute Gasteiger partial charge is 0.408 e. The quantitative estimate of drug-likeness (QED) is 0.561. The minimum Gasteiger partial charge on any atom is -0.408 e. The zero-order chi connectivity index (χ0) is 10.4. The average molecular weight is 193 g/mol. The Labute approximate surface area is 85.4 Å². The van der Waals surface area contributed by atoms with Crippen molar-refractivity contribution >= 4 is 18.3 Å². The van der Waals surface area contributed by atoms with E-state index in [9.17, 15) is 0 Å². The lowest BCUT2D eigenvalue weighted by Crippen LogP contribution is -2.37. The van der Waals surface area contributed by atoms with E-state index in [1.807, 2.05) is 38.1 Å². The summed E-state index contributed by atoms with van der Waals surface area (Å²) in [5, 5.41) is 0. The number of nitrogen functional groups attached to an aromatic ring is 1. The largest absolute Gasteiger partial charge is 0.493 e. The normalized spacial score (nSPS) is 10.1. The van der Waals surface area contributed by atoms with Crippen LogP contribution >= 0.6 is 0 Å². The summed E-state index contributed by atoms with van der Waals surface area (Å²) in [7, 11) is -0.298. The molecule has 0 unspecified atom stereocenters. The topological polar surface area (TPSA) is 44.5 Å². The van der Waals surface area contributed by atoms with Crippen molar-refractivity contribution in [1.29, 1.82) is 0 Å². The molecule has 0 saturated carbocycles. The molecule has 0 heterocycles. The SMILES string of the molecule is CCOB(OCC)c1cccc(N)c1. The summed E-state index contributed by atoms with van der Waals surface area (Å²) in [5.74, 6) is 0. The van der Waals surface area contributed by atoms with Gasteiger partial charge in [-0.1, -0.05) is 12.1 Å². The average Bonchev–Trinajstić information content (AvgIpc) is 2.17. The Balaban J connectivity index is 2.75. The van der Waals surface area contributed by atoms with Crippen molar-refractivity contribution in [3.8, 4) is 0 Å². The van der Waals surface area contributed by atoms with Gasteiger partial charge in [-0.2, -0.15) is 0 Å². The highest BCUT2D eigenvalue weighted by Gasteiger charge is 2.19.